The molecule has 2 N–H and O–H groups in total. The average Bonchev–Trinajstić information content (AvgIpc) is 2.09. The lowest BCUT2D eigenvalue weighted by Gasteiger charge is -2.07. The Hall–Kier alpha value is -0.570. The summed E-state index contributed by atoms with van der Waals surface area (Å²) in [5.74, 6) is 0.685. The van der Waals surface area contributed by atoms with Gasteiger partial charge in [-0.2, -0.15) is 0 Å². The quantitative estimate of drug-likeness (QED) is 0.586. The minimum Gasteiger partial charge on any atom is -0.356 e. The molecule has 0 aliphatic heterocycles. The maximum atomic E-state index is 11.2. The molecule has 0 radical (unpaired) electrons. The molecule has 3 nitrogen and oxygen atoms in total. The van der Waals surface area contributed by atoms with Gasteiger partial charge in [0.05, 0.1) is 0 Å². The Balaban J connectivity index is 3.20. The second-order valence-electron chi connectivity index (χ2n) is 3.70. The molecule has 0 saturated heterocycles. The van der Waals surface area contributed by atoms with Crippen LogP contribution in [0.5, 0.6) is 0 Å². The van der Waals surface area contributed by atoms with Crippen molar-refractivity contribution in [3.8, 4) is 0 Å². The number of amides is 1. The van der Waals surface area contributed by atoms with E-state index in [-0.39, 0.29) is 5.91 Å². The van der Waals surface area contributed by atoms with Crippen molar-refractivity contribution in [3.05, 3.63) is 0 Å². The summed E-state index contributed by atoms with van der Waals surface area (Å²) in [6, 6.07) is 0. The molecule has 0 heterocycles. The van der Waals surface area contributed by atoms with Crippen LogP contribution in [-0.4, -0.2) is 25.5 Å². The van der Waals surface area contributed by atoms with Crippen molar-refractivity contribution in [2.75, 3.05) is 19.6 Å². The highest BCUT2D eigenvalue weighted by Gasteiger charge is 2.00. The third-order valence-electron chi connectivity index (χ3n) is 1.66. The minimum atomic E-state index is 0.150. The summed E-state index contributed by atoms with van der Waals surface area (Å²) in [6.45, 7) is 8.87. The van der Waals surface area contributed by atoms with E-state index in [1.807, 2.05) is 0 Å². The van der Waals surface area contributed by atoms with Crippen molar-refractivity contribution in [3.63, 3.8) is 0 Å². The van der Waals surface area contributed by atoms with E-state index >= 15 is 0 Å². The molecule has 0 fully saturated rings. The van der Waals surface area contributed by atoms with Crippen molar-refractivity contribution in [2.45, 2.75) is 33.6 Å². The molecule has 0 aromatic rings. The molecule has 3 heteroatoms. The maximum absolute atomic E-state index is 11.2. The van der Waals surface area contributed by atoms with E-state index in [4.69, 9.17) is 0 Å². The summed E-state index contributed by atoms with van der Waals surface area (Å²) < 4.78 is 0. The Labute approximate surface area is 81.3 Å². The molecule has 0 unspecified atom stereocenters. The van der Waals surface area contributed by atoms with Gasteiger partial charge in [-0.25, -0.2) is 0 Å². The lowest BCUT2D eigenvalue weighted by molar-refractivity contribution is -0.121. The van der Waals surface area contributed by atoms with E-state index in [1.54, 1.807) is 0 Å². The number of hydrogen-bond acceptors (Lipinski definition) is 2. The predicted molar refractivity (Wildman–Crippen MR) is 55.6 cm³/mol. The highest BCUT2D eigenvalue weighted by atomic mass is 16.1. The number of hydrogen-bond donors (Lipinski definition) is 2. The second-order valence-corrected chi connectivity index (χ2v) is 3.70. The monoisotopic (exact) mass is 186 g/mol. The number of nitrogens with one attached hydrogen (secondary N) is 2. The number of rotatable bonds is 7. The predicted octanol–water partition coefficient (Wildman–Crippen LogP) is 1.15. The molecule has 0 aromatic heterocycles. The SMILES string of the molecule is CCCNCCC(=O)NCC(C)C. The number of carbonyl (C=O) groups is 1. The van der Waals surface area contributed by atoms with Gasteiger partial charge in [0.15, 0.2) is 0 Å². The van der Waals surface area contributed by atoms with Gasteiger partial charge in [0, 0.05) is 19.5 Å². The van der Waals surface area contributed by atoms with Gasteiger partial charge >= 0.3 is 0 Å². The maximum Gasteiger partial charge on any atom is 0.221 e. The minimum absolute atomic E-state index is 0.150. The Bertz CT molecular complexity index is 135. The van der Waals surface area contributed by atoms with Crippen molar-refractivity contribution in [1.82, 2.24) is 10.6 Å². The second kappa shape index (κ2) is 8.05. The Morgan fingerprint density at radius 1 is 1.31 bits per heavy atom. The van der Waals surface area contributed by atoms with Gasteiger partial charge in [-0.05, 0) is 18.9 Å². The molecule has 0 bridgehead atoms. The fourth-order valence-electron chi connectivity index (χ4n) is 0.910. The third kappa shape index (κ3) is 9.34. The summed E-state index contributed by atoms with van der Waals surface area (Å²) in [5.41, 5.74) is 0. The van der Waals surface area contributed by atoms with E-state index in [2.05, 4.69) is 31.4 Å². The zero-order chi connectivity index (χ0) is 10.1. The Kier molecular flexibility index (Phi) is 7.69. The molecule has 13 heavy (non-hydrogen) atoms. The van der Waals surface area contributed by atoms with E-state index in [1.165, 1.54) is 0 Å². The molecular formula is C10H22N2O. The van der Waals surface area contributed by atoms with Crippen LogP contribution in [0.2, 0.25) is 0 Å². The van der Waals surface area contributed by atoms with Crippen LogP contribution in [0.1, 0.15) is 33.6 Å². The summed E-state index contributed by atoms with van der Waals surface area (Å²) in [7, 11) is 0. The van der Waals surface area contributed by atoms with E-state index < -0.39 is 0 Å². The molecular weight excluding hydrogens is 164 g/mol. The number of carbonyl (C=O) groups excluding carboxylic acids is 1. The van der Waals surface area contributed by atoms with Crippen LogP contribution in [-0.2, 0) is 4.79 Å². The van der Waals surface area contributed by atoms with Gasteiger partial charge in [-0.3, -0.25) is 4.79 Å². The lowest BCUT2D eigenvalue weighted by Crippen LogP contribution is -2.30. The zero-order valence-electron chi connectivity index (χ0n) is 9.02. The van der Waals surface area contributed by atoms with Gasteiger partial charge in [-0.15, -0.1) is 0 Å². The third-order valence-corrected chi connectivity index (χ3v) is 1.66. The van der Waals surface area contributed by atoms with Crippen LogP contribution in [0.15, 0.2) is 0 Å². The largest absolute Gasteiger partial charge is 0.356 e. The first-order valence-electron chi connectivity index (χ1n) is 5.14. The smallest absolute Gasteiger partial charge is 0.221 e. The van der Waals surface area contributed by atoms with Crippen LogP contribution in [0.3, 0.4) is 0 Å². The van der Waals surface area contributed by atoms with Gasteiger partial charge in [0.2, 0.25) is 5.91 Å². The van der Waals surface area contributed by atoms with Crippen LogP contribution >= 0.6 is 0 Å². The molecule has 1 amide bonds. The first kappa shape index (κ1) is 12.4. The first-order valence-corrected chi connectivity index (χ1v) is 5.14. The topological polar surface area (TPSA) is 41.1 Å². The van der Waals surface area contributed by atoms with Gasteiger partial charge in [0.25, 0.3) is 0 Å². The summed E-state index contributed by atoms with van der Waals surface area (Å²) in [6.07, 6.45) is 1.71. The van der Waals surface area contributed by atoms with Crippen molar-refractivity contribution in [1.29, 1.82) is 0 Å². The van der Waals surface area contributed by atoms with Crippen molar-refractivity contribution in [2.24, 2.45) is 5.92 Å². The highest BCUT2D eigenvalue weighted by Crippen LogP contribution is 1.87. The van der Waals surface area contributed by atoms with Crippen molar-refractivity contribution < 1.29 is 4.79 Å². The molecule has 0 aromatic carbocycles. The van der Waals surface area contributed by atoms with E-state index in [0.29, 0.717) is 12.3 Å². The molecule has 0 aliphatic carbocycles. The van der Waals surface area contributed by atoms with Gasteiger partial charge in [0.1, 0.15) is 0 Å². The molecule has 78 valence electrons. The van der Waals surface area contributed by atoms with Crippen molar-refractivity contribution >= 4 is 5.91 Å². The summed E-state index contributed by atoms with van der Waals surface area (Å²) in [4.78, 5) is 11.2. The van der Waals surface area contributed by atoms with Crippen LogP contribution in [0.25, 0.3) is 0 Å². The van der Waals surface area contributed by atoms with Crippen LogP contribution in [0.4, 0.5) is 0 Å². The normalized spacial score (nSPS) is 10.5. The summed E-state index contributed by atoms with van der Waals surface area (Å²) >= 11 is 0. The first-order chi connectivity index (χ1) is 6.16. The van der Waals surface area contributed by atoms with Crippen LogP contribution < -0.4 is 10.6 Å². The van der Waals surface area contributed by atoms with Crippen LogP contribution in [0, 0.1) is 5.92 Å². The molecule has 0 spiro atoms. The molecule has 0 saturated carbocycles. The van der Waals surface area contributed by atoms with E-state index in [9.17, 15) is 4.79 Å². The lowest BCUT2D eigenvalue weighted by atomic mass is 10.2. The van der Waals surface area contributed by atoms with Gasteiger partial charge in [-0.1, -0.05) is 20.8 Å². The van der Waals surface area contributed by atoms with E-state index in [0.717, 1.165) is 26.1 Å². The molecule has 0 aliphatic rings. The Morgan fingerprint density at radius 2 is 2.00 bits per heavy atom. The molecule has 0 atom stereocenters. The Morgan fingerprint density at radius 3 is 2.54 bits per heavy atom. The zero-order valence-corrected chi connectivity index (χ0v) is 9.02. The fraction of sp³-hybridized carbons (Fsp3) is 0.900. The highest BCUT2D eigenvalue weighted by molar-refractivity contribution is 5.76. The summed E-state index contributed by atoms with van der Waals surface area (Å²) in [5, 5.41) is 6.07. The standard InChI is InChI=1S/C10H22N2O/c1-4-6-11-7-5-10(13)12-8-9(2)3/h9,11H,4-8H2,1-3H3,(H,12,13). The average molecular weight is 186 g/mol. The fourth-order valence-corrected chi connectivity index (χ4v) is 0.910. The van der Waals surface area contributed by atoms with Gasteiger partial charge < -0.3 is 10.6 Å². The molecule has 0 rings (SSSR count).